The van der Waals surface area contributed by atoms with E-state index >= 15 is 0 Å². The summed E-state index contributed by atoms with van der Waals surface area (Å²) in [6.45, 7) is 4.07. The van der Waals surface area contributed by atoms with Gasteiger partial charge in [0.2, 0.25) is 5.91 Å². The van der Waals surface area contributed by atoms with E-state index in [1.54, 1.807) is 41.2 Å². The second-order valence-electron chi connectivity index (χ2n) is 7.81. The third-order valence-electron chi connectivity index (χ3n) is 5.40. The lowest BCUT2D eigenvalue weighted by Gasteiger charge is -2.13. The van der Waals surface area contributed by atoms with Crippen LogP contribution in [0.1, 0.15) is 31.1 Å². The molecule has 33 heavy (non-hydrogen) atoms. The largest absolute Gasteiger partial charge is 0.467 e. The van der Waals surface area contributed by atoms with Crippen LogP contribution in [0.4, 0.5) is 5.69 Å². The minimum Gasteiger partial charge on any atom is -0.467 e. The van der Waals surface area contributed by atoms with Crippen LogP contribution in [0.3, 0.4) is 0 Å². The van der Waals surface area contributed by atoms with Crippen molar-refractivity contribution in [2.45, 2.75) is 46.3 Å². The van der Waals surface area contributed by atoms with E-state index in [9.17, 15) is 14.4 Å². The monoisotopic (exact) mass is 469 g/mol. The molecule has 0 aliphatic carbocycles. The number of hydrogen-bond acceptors (Lipinski definition) is 5. The Labute approximate surface area is 194 Å². The van der Waals surface area contributed by atoms with Crippen molar-refractivity contribution >= 4 is 34.4 Å². The van der Waals surface area contributed by atoms with Crippen molar-refractivity contribution in [2.75, 3.05) is 5.32 Å². The van der Waals surface area contributed by atoms with E-state index in [4.69, 9.17) is 16.0 Å². The molecule has 0 atom stereocenters. The number of fused-ring (bicyclic) bond motifs is 1. The van der Waals surface area contributed by atoms with Crippen molar-refractivity contribution < 1.29 is 9.21 Å². The molecule has 10 heteroatoms. The zero-order valence-corrected chi connectivity index (χ0v) is 19.1. The first-order chi connectivity index (χ1) is 15.9. The fourth-order valence-corrected chi connectivity index (χ4v) is 3.82. The molecule has 0 spiro atoms. The number of furan rings is 1. The molecule has 0 bridgehead atoms. The highest BCUT2D eigenvalue weighted by atomic mass is 35.5. The fraction of sp³-hybridized carbons (Fsp3) is 0.304. The van der Waals surface area contributed by atoms with Crippen molar-refractivity contribution in [3.05, 3.63) is 80.1 Å². The molecule has 4 aromatic rings. The van der Waals surface area contributed by atoms with Gasteiger partial charge in [-0.15, -0.1) is 0 Å². The summed E-state index contributed by atoms with van der Waals surface area (Å²) < 4.78 is 9.44. The Morgan fingerprint density at radius 3 is 2.76 bits per heavy atom. The number of halogens is 1. The van der Waals surface area contributed by atoms with Crippen LogP contribution < -0.4 is 16.6 Å². The van der Waals surface area contributed by atoms with Crippen molar-refractivity contribution in [3.8, 4) is 0 Å². The summed E-state index contributed by atoms with van der Waals surface area (Å²) in [7, 11) is 0. The Morgan fingerprint density at radius 2 is 2.03 bits per heavy atom. The molecule has 0 fully saturated rings. The molecule has 0 aliphatic rings. The minimum absolute atomic E-state index is 0.244. The standard InChI is InChI=1S/C23H24ClN5O4/c1-3-4-9-28-21-20(27(14-25-21)12-17-6-5-10-33-17)22(31)29(23(28)32)13-19(30)26-18-11-16(24)8-7-15(18)2/h5-8,10-11,14H,3-4,9,12-13H2,1-2H3,(H,26,30). The Kier molecular flexibility index (Phi) is 6.50. The first-order valence-electron chi connectivity index (χ1n) is 10.7. The Morgan fingerprint density at radius 1 is 1.21 bits per heavy atom. The second-order valence-corrected chi connectivity index (χ2v) is 8.25. The molecular weight excluding hydrogens is 446 g/mol. The molecule has 3 aromatic heterocycles. The van der Waals surface area contributed by atoms with E-state index in [1.165, 1.54) is 10.9 Å². The molecule has 1 amide bonds. The molecule has 0 saturated carbocycles. The van der Waals surface area contributed by atoms with Gasteiger partial charge in [0.05, 0.1) is 19.1 Å². The highest BCUT2D eigenvalue weighted by Gasteiger charge is 2.20. The molecule has 1 aromatic carbocycles. The average Bonchev–Trinajstić information content (AvgIpc) is 3.44. The van der Waals surface area contributed by atoms with Crippen molar-refractivity contribution in [1.29, 1.82) is 0 Å². The number of hydrogen-bond donors (Lipinski definition) is 1. The third-order valence-corrected chi connectivity index (χ3v) is 5.64. The summed E-state index contributed by atoms with van der Waals surface area (Å²) in [4.78, 5) is 43.7. The van der Waals surface area contributed by atoms with Gasteiger partial charge in [0.15, 0.2) is 11.2 Å². The number of carbonyl (C=O) groups is 1. The molecular formula is C23H24ClN5O4. The van der Waals surface area contributed by atoms with Gasteiger partial charge < -0.3 is 14.3 Å². The summed E-state index contributed by atoms with van der Waals surface area (Å²) in [5, 5.41) is 3.21. The summed E-state index contributed by atoms with van der Waals surface area (Å²) in [6, 6.07) is 8.67. The number of imidazole rings is 1. The number of benzene rings is 1. The van der Waals surface area contributed by atoms with E-state index in [2.05, 4.69) is 10.3 Å². The van der Waals surface area contributed by atoms with Crippen LogP contribution in [0.2, 0.25) is 5.02 Å². The SMILES string of the molecule is CCCCn1c(=O)n(CC(=O)Nc2cc(Cl)ccc2C)c(=O)c2c1ncn2Cc1ccco1. The van der Waals surface area contributed by atoms with Gasteiger partial charge >= 0.3 is 5.69 Å². The summed E-state index contributed by atoms with van der Waals surface area (Å²) in [5.74, 6) is 0.138. The molecule has 1 N–H and O–H groups in total. The lowest BCUT2D eigenvalue weighted by molar-refractivity contribution is -0.116. The number of aromatic nitrogens is 4. The molecule has 0 unspecified atom stereocenters. The van der Waals surface area contributed by atoms with Gasteiger partial charge in [-0.1, -0.05) is 31.0 Å². The first-order valence-corrected chi connectivity index (χ1v) is 11.0. The topological polar surface area (TPSA) is 104 Å². The fourth-order valence-electron chi connectivity index (χ4n) is 3.65. The van der Waals surface area contributed by atoms with Crippen LogP contribution in [0.25, 0.3) is 11.2 Å². The minimum atomic E-state index is -0.579. The second kappa shape index (κ2) is 9.50. The van der Waals surface area contributed by atoms with Gasteiger partial charge in [0.25, 0.3) is 5.56 Å². The van der Waals surface area contributed by atoms with Gasteiger partial charge in [0.1, 0.15) is 12.3 Å². The van der Waals surface area contributed by atoms with Gasteiger partial charge in [-0.25, -0.2) is 14.3 Å². The molecule has 0 aliphatic heterocycles. The molecule has 9 nitrogen and oxygen atoms in total. The number of anilines is 1. The lowest BCUT2D eigenvalue weighted by atomic mass is 10.2. The Bertz CT molecular complexity index is 1420. The molecule has 172 valence electrons. The molecule has 0 saturated heterocycles. The number of aryl methyl sites for hydroxylation is 2. The normalized spacial score (nSPS) is 11.2. The van der Waals surface area contributed by atoms with Crippen molar-refractivity contribution in [3.63, 3.8) is 0 Å². The summed E-state index contributed by atoms with van der Waals surface area (Å²) in [6.07, 6.45) is 4.64. The van der Waals surface area contributed by atoms with Crippen LogP contribution >= 0.6 is 11.6 Å². The van der Waals surface area contributed by atoms with Crippen molar-refractivity contribution in [1.82, 2.24) is 18.7 Å². The average molecular weight is 470 g/mol. The van der Waals surface area contributed by atoms with Crippen LogP contribution in [-0.4, -0.2) is 24.6 Å². The van der Waals surface area contributed by atoms with Gasteiger partial charge in [-0.05, 0) is 43.2 Å². The van der Waals surface area contributed by atoms with E-state index in [1.807, 2.05) is 13.8 Å². The van der Waals surface area contributed by atoms with Crippen LogP contribution in [0.5, 0.6) is 0 Å². The molecule has 4 rings (SSSR count). The van der Waals surface area contributed by atoms with E-state index < -0.39 is 23.7 Å². The number of rotatable bonds is 8. The quantitative estimate of drug-likeness (QED) is 0.426. The highest BCUT2D eigenvalue weighted by molar-refractivity contribution is 6.31. The maximum absolute atomic E-state index is 13.4. The maximum atomic E-state index is 13.4. The first kappa shape index (κ1) is 22.6. The Hall–Kier alpha value is -3.59. The maximum Gasteiger partial charge on any atom is 0.333 e. The van der Waals surface area contributed by atoms with Crippen LogP contribution in [0.15, 0.2) is 56.9 Å². The van der Waals surface area contributed by atoms with E-state index in [0.717, 1.165) is 23.0 Å². The Balaban J connectivity index is 1.76. The number of amides is 1. The third kappa shape index (κ3) is 4.63. The number of nitrogens with one attached hydrogen (secondary N) is 1. The summed E-state index contributed by atoms with van der Waals surface area (Å²) >= 11 is 6.03. The smallest absolute Gasteiger partial charge is 0.333 e. The predicted molar refractivity (Wildman–Crippen MR) is 126 cm³/mol. The lowest BCUT2D eigenvalue weighted by Crippen LogP contribution is -2.43. The number of nitrogens with zero attached hydrogens (tertiary/aromatic N) is 4. The predicted octanol–water partition coefficient (Wildman–Crippen LogP) is 3.40. The van der Waals surface area contributed by atoms with Gasteiger partial charge in [-0.2, -0.15) is 0 Å². The summed E-state index contributed by atoms with van der Waals surface area (Å²) in [5.41, 5.74) is 0.733. The van der Waals surface area contributed by atoms with E-state index in [0.29, 0.717) is 28.7 Å². The number of unbranched alkanes of at least 4 members (excludes halogenated alkanes) is 1. The van der Waals surface area contributed by atoms with Gasteiger partial charge in [-0.3, -0.25) is 14.2 Å². The number of carbonyl (C=O) groups excluding carboxylic acids is 1. The zero-order chi connectivity index (χ0) is 23.5. The van der Waals surface area contributed by atoms with Crippen LogP contribution in [-0.2, 0) is 24.4 Å². The van der Waals surface area contributed by atoms with E-state index in [-0.39, 0.29) is 12.1 Å². The molecule has 3 heterocycles. The van der Waals surface area contributed by atoms with Crippen molar-refractivity contribution in [2.24, 2.45) is 0 Å². The zero-order valence-electron chi connectivity index (χ0n) is 18.4. The van der Waals surface area contributed by atoms with Gasteiger partial charge in [0, 0.05) is 17.3 Å². The van der Waals surface area contributed by atoms with Crippen LogP contribution in [0, 0.1) is 6.92 Å². The highest BCUT2D eigenvalue weighted by Crippen LogP contribution is 2.20. The molecule has 0 radical (unpaired) electrons.